The van der Waals surface area contributed by atoms with Gasteiger partial charge < -0.3 is 14.5 Å². The molecule has 0 radical (unpaired) electrons. The summed E-state index contributed by atoms with van der Waals surface area (Å²) in [7, 11) is 0. The summed E-state index contributed by atoms with van der Waals surface area (Å²) in [6.45, 7) is 11.0. The second-order valence-electron chi connectivity index (χ2n) is 4.12. The minimum atomic E-state index is 0.141. The highest BCUT2D eigenvalue weighted by atomic mass is 16.5. The molecule has 0 spiro atoms. The second kappa shape index (κ2) is 5.35. The van der Waals surface area contributed by atoms with E-state index in [1.165, 1.54) is 0 Å². The molecular formula is C11H22N2O2. The number of ether oxygens (including phenoxy) is 1. The van der Waals surface area contributed by atoms with E-state index in [-0.39, 0.29) is 18.2 Å². The number of nitrogens with zero attached hydrogens (tertiary/aromatic N) is 2. The van der Waals surface area contributed by atoms with Gasteiger partial charge in [0.25, 0.3) is 0 Å². The number of rotatable bonds is 2. The molecule has 1 heterocycles. The first kappa shape index (κ1) is 12.3. The van der Waals surface area contributed by atoms with E-state index in [0.29, 0.717) is 13.1 Å². The molecular weight excluding hydrogens is 192 g/mol. The van der Waals surface area contributed by atoms with Gasteiger partial charge in [-0.1, -0.05) is 0 Å². The van der Waals surface area contributed by atoms with Gasteiger partial charge >= 0.3 is 6.03 Å². The van der Waals surface area contributed by atoms with Crippen LogP contribution in [-0.4, -0.2) is 54.2 Å². The van der Waals surface area contributed by atoms with Gasteiger partial charge in [0.15, 0.2) is 0 Å². The van der Waals surface area contributed by atoms with E-state index >= 15 is 0 Å². The van der Waals surface area contributed by atoms with E-state index in [1.54, 1.807) is 0 Å². The smallest absolute Gasteiger partial charge is 0.320 e. The summed E-state index contributed by atoms with van der Waals surface area (Å²) in [5, 5.41) is 0. The van der Waals surface area contributed by atoms with Crippen LogP contribution in [-0.2, 0) is 4.74 Å². The summed E-state index contributed by atoms with van der Waals surface area (Å²) in [6.07, 6.45) is 0.293. The van der Waals surface area contributed by atoms with Crippen molar-refractivity contribution in [3.05, 3.63) is 0 Å². The van der Waals surface area contributed by atoms with Gasteiger partial charge in [0, 0.05) is 26.2 Å². The first-order valence-corrected chi connectivity index (χ1v) is 5.77. The van der Waals surface area contributed by atoms with Gasteiger partial charge in [-0.2, -0.15) is 0 Å². The Morgan fingerprint density at radius 2 is 1.73 bits per heavy atom. The molecule has 2 unspecified atom stereocenters. The average molecular weight is 214 g/mol. The highest BCUT2D eigenvalue weighted by molar-refractivity contribution is 5.74. The standard InChI is InChI=1S/C11H22N2O2/c1-5-12(6-2)11(14)13-7-9(3)15-10(4)8-13/h9-10H,5-8H2,1-4H3. The van der Waals surface area contributed by atoms with Crippen LogP contribution in [0.4, 0.5) is 4.79 Å². The number of morpholine rings is 1. The third-order valence-corrected chi connectivity index (χ3v) is 2.72. The lowest BCUT2D eigenvalue weighted by molar-refractivity contribution is -0.0579. The molecule has 0 saturated carbocycles. The van der Waals surface area contributed by atoms with Crippen molar-refractivity contribution in [2.45, 2.75) is 39.9 Å². The van der Waals surface area contributed by atoms with Crippen LogP contribution < -0.4 is 0 Å². The molecule has 2 amide bonds. The highest BCUT2D eigenvalue weighted by Gasteiger charge is 2.27. The van der Waals surface area contributed by atoms with Crippen LogP contribution in [0.1, 0.15) is 27.7 Å². The van der Waals surface area contributed by atoms with Crippen LogP contribution in [0.15, 0.2) is 0 Å². The van der Waals surface area contributed by atoms with Gasteiger partial charge in [0.2, 0.25) is 0 Å². The van der Waals surface area contributed by atoms with Crippen LogP contribution in [0.2, 0.25) is 0 Å². The summed E-state index contributed by atoms with van der Waals surface area (Å²) in [6, 6.07) is 0.141. The second-order valence-corrected chi connectivity index (χ2v) is 4.12. The maximum Gasteiger partial charge on any atom is 0.320 e. The quantitative estimate of drug-likeness (QED) is 0.699. The third-order valence-electron chi connectivity index (χ3n) is 2.72. The molecule has 0 aromatic rings. The molecule has 0 aromatic heterocycles. The molecule has 1 aliphatic heterocycles. The topological polar surface area (TPSA) is 32.8 Å². The Hall–Kier alpha value is -0.770. The summed E-state index contributed by atoms with van der Waals surface area (Å²) in [5.41, 5.74) is 0. The van der Waals surface area contributed by atoms with E-state index in [0.717, 1.165) is 13.1 Å². The lowest BCUT2D eigenvalue weighted by Gasteiger charge is -2.37. The van der Waals surface area contributed by atoms with Crippen molar-refractivity contribution in [2.24, 2.45) is 0 Å². The molecule has 0 aromatic carbocycles. The van der Waals surface area contributed by atoms with E-state index < -0.39 is 0 Å². The largest absolute Gasteiger partial charge is 0.372 e. The van der Waals surface area contributed by atoms with Crippen molar-refractivity contribution in [1.82, 2.24) is 9.80 Å². The Labute approximate surface area is 92.2 Å². The van der Waals surface area contributed by atoms with Gasteiger partial charge in [0.1, 0.15) is 0 Å². The fourth-order valence-corrected chi connectivity index (χ4v) is 2.03. The van der Waals surface area contributed by atoms with Crippen LogP contribution in [0.3, 0.4) is 0 Å². The van der Waals surface area contributed by atoms with Crippen molar-refractivity contribution < 1.29 is 9.53 Å². The van der Waals surface area contributed by atoms with Gasteiger partial charge in [-0.05, 0) is 27.7 Å². The van der Waals surface area contributed by atoms with Crippen molar-refractivity contribution in [3.8, 4) is 0 Å². The predicted molar refractivity (Wildman–Crippen MR) is 59.9 cm³/mol. The summed E-state index contributed by atoms with van der Waals surface area (Å²) >= 11 is 0. The minimum absolute atomic E-state index is 0.141. The molecule has 1 fully saturated rings. The number of carbonyl (C=O) groups excluding carboxylic acids is 1. The van der Waals surface area contributed by atoms with Crippen molar-refractivity contribution in [3.63, 3.8) is 0 Å². The fourth-order valence-electron chi connectivity index (χ4n) is 2.03. The zero-order valence-electron chi connectivity index (χ0n) is 10.2. The van der Waals surface area contributed by atoms with Gasteiger partial charge in [-0.25, -0.2) is 4.79 Å². The molecule has 2 atom stereocenters. The van der Waals surface area contributed by atoms with Gasteiger partial charge in [0.05, 0.1) is 12.2 Å². The Kier molecular flexibility index (Phi) is 4.39. The fraction of sp³-hybridized carbons (Fsp3) is 0.909. The maximum absolute atomic E-state index is 12.0. The maximum atomic E-state index is 12.0. The molecule has 0 aliphatic carbocycles. The zero-order chi connectivity index (χ0) is 11.4. The summed E-state index contributed by atoms with van der Waals surface area (Å²) in [5.74, 6) is 0. The molecule has 1 saturated heterocycles. The van der Waals surface area contributed by atoms with E-state index in [1.807, 2.05) is 37.5 Å². The lowest BCUT2D eigenvalue weighted by atomic mass is 10.2. The van der Waals surface area contributed by atoms with Gasteiger partial charge in [-0.3, -0.25) is 0 Å². The first-order chi connectivity index (χ1) is 7.08. The SMILES string of the molecule is CCN(CC)C(=O)N1CC(C)OC(C)C1. The van der Waals surface area contributed by atoms with Gasteiger partial charge in [-0.15, -0.1) is 0 Å². The van der Waals surface area contributed by atoms with Crippen LogP contribution in [0.5, 0.6) is 0 Å². The molecule has 88 valence electrons. The highest BCUT2D eigenvalue weighted by Crippen LogP contribution is 2.12. The number of hydrogen-bond donors (Lipinski definition) is 0. The molecule has 0 bridgehead atoms. The third kappa shape index (κ3) is 3.09. The number of amides is 2. The zero-order valence-corrected chi connectivity index (χ0v) is 10.2. The molecule has 1 rings (SSSR count). The Balaban J connectivity index is 2.58. The summed E-state index contributed by atoms with van der Waals surface area (Å²) < 4.78 is 5.60. The number of urea groups is 1. The number of hydrogen-bond acceptors (Lipinski definition) is 2. The molecule has 15 heavy (non-hydrogen) atoms. The normalized spacial score (nSPS) is 26.5. The van der Waals surface area contributed by atoms with Crippen molar-refractivity contribution in [1.29, 1.82) is 0 Å². The Bertz CT molecular complexity index is 207. The Morgan fingerprint density at radius 1 is 1.27 bits per heavy atom. The van der Waals surface area contributed by atoms with E-state index in [4.69, 9.17) is 4.74 Å². The summed E-state index contributed by atoms with van der Waals surface area (Å²) in [4.78, 5) is 15.8. The van der Waals surface area contributed by atoms with Crippen molar-refractivity contribution >= 4 is 6.03 Å². The monoisotopic (exact) mass is 214 g/mol. The van der Waals surface area contributed by atoms with Crippen LogP contribution in [0, 0.1) is 0 Å². The number of carbonyl (C=O) groups is 1. The lowest BCUT2D eigenvalue weighted by Crippen LogP contribution is -2.52. The predicted octanol–water partition coefficient (Wildman–Crippen LogP) is 1.56. The van der Waals surface area contributed by atoms with Crippen LogP contribution >= 0.6 is 0 Å². The minimum Gasteiger partial charge on any atom is -0.372 e. The average Bonchev–Trinajstić information content (AvgIpc) is 2.18. The van der Waals surface area contributed by atoms with Crippen molar-refractivity contribution in [2.75, 3.05) is 26.2 Å². The Morgan fingerprint density at radius 3 is 2.13 bits per heavy atom. The molecule has 4 heteroatoms. The molecule has 1 aliphatic rings. The first-order valence-electron chi connectivity index (χ1n) is 5.77. The molecule has 0 N–H and O–H groups in total. The van der Waals surface area contributed by atoms with Crippen LogP contribution in [0.25, 0.3) is 0 Å². The van der Waals surface area contributed by atoms with E-state index in [2.05, 4.69) is 0 Å². The van der Waals surface area contributed by atoms with E-state index in [9.17, 15) is 4.79 Å². The molecule has 4 nitrogen and oxygen atoms in total.